The lowest BCUT2D eigenvalue weighted by atomic mass is 10.0. The molecular weight excluding hydrogens is 362 g/mol. The molecule has 134 valence electrons. The third-order valence-electron chi connectivity index (χ3n) is 3.68. The second-order valence-electron chi connectivity index (χ2n) is 5.61. The van der Waals surface area contributed by atoms with E-state index in [4.69, 9.17) is 23.8 Å². The van der Waals surface area contributed by atoms with E-state index in [1.807, 2.05) is 7.05 Å². The first kappa shape index (κ1) is 19.1. The third-order valence-corrected chi connectivity index (χ3v) is 4.30. The van der Waals surface area contributed by atoms with Crippen LogP contribution in [-0.4, -0.2) is 33.1 Å². The molecule has 0 fully saturated rings. The minimum atomic E-state index is -0.407. The molecule has 0 radical (unpaired) electrons. The van der Waals surface area contributed by atoms with E-state index in [1.54, 1.807) is 28.8 Å². The summed E-state index contributed by atoms with van der Waals surface area (Å²) in [5, 5.41) is 13.0. The monoisotopic (exact) mass is 381 g/mol. The lowest BCUT2D eigenvalue weighted by Crippen LogP contribution is -2.33. The zero-order valence-electron chi connectivity index (χ0n) is 14.0. The van der Waals surface area contributed by atoms with Gasteiger partial charge in [-0.25, -0.2) is 0 Å². The first-order valence-corrected chi connectivity index (χ1v) is 8.55. The Bertz CT molecular complexity index is 800. The van der Waals surface area contributed by atoms with E-state index in [1.165, 1.54) is 6.92 Å². The van der Waals surface area contributed by atoms with Gasteiger partial charge in [0.2, 0.25) is 11.8 Å². The normalized spacial score (nSPS) is 11.8. The Morgan fingerprint density at radius 3 is 2.60 bits per heavy atom. The largest absolute Gasteiger partial charge is 0.356 e. The Morgan fingerprint density at radius 2 is 2.04 bits per heavy atom. The van der Waals surface area contributed by atoms with Crippen molar-refractivity contribution in [3.05, 3.63) is 45.4 Å². The zero-order valence-corrected chi connectivity index (χ0v) is 15.6. The first-order chi connectivity index (χ1) is 11.9. The maximum absolute atomic E-state index is 12.2. The highest BCUT2D eigenvalue weighted by Gasteiger charge is 2.17. The summed E-state index contributed by atoms with van der Waals surface area (Å²) in [6.45, 7) is 1.85. The van der Waals surface area contributed by atoms with Crippen LogP contribution in [0, 0.1) is 4.77 Å². The van der Waals surface area contributed by atoms with Crippen molar-refractivity contribution in [1.82, 2.24) is 25.4 Å². The molecule has 2 amide bonds. The molecule has 0 saturated carbocycles. The molecule has 0 bridgehead atoms. The van der Waals surface area contributed by atoms with Gasteiger partial charge in [-0.3, -0.25) is 14.7 Å². The number of halogens is 1. The Labute approximate surface area is 155 Å². The molecule has 2 rings (SSSR count). The average Bonchev–Trinajstić information content (AvgIpc) is 2.86. The van der Waals surface area contributed by atoms with Gasteiger partial charge in [0.15, 0.2) is 4.77 Å². The van der Waals surface area contributed by atoms with Crippen molar-refractivity contribution in [1.29, 1.82) is 0 Å². The summed E-state index contributed by atoms with van der Waals surface area (Å²) in [5.74, 6) is 0.404. The smallest absolute Gasteiger partial charge is 0.222 e. The Kier molecular flexibility index (Phi) is 6.72. The number of aromatic nitrogens is 3. The molecule has 0 saturated heterocycles. The second-order valence-corrected chi connectivity index (χ2v) is 6.44. The van der Waals surface area contributed by atoms with Gasteiger partial charge in [-0.2, -0.15) is 5.10 Å². The third kappa shape index (κ3) is 5.68. The molecular formula is C16H20ClN5O2S. The van der Waals surface area contributed by atoms with Gasteiger partial charge < -0.3 is 15.2 Å². The summed E-state index contributed by atoms with van der Waals surface area (Å²) in [6, 6.07) is 6.65. The molecule has 1 aromatic carbocycles. The number of H-pyrrole nitrogens is 1. The number of rotatable bonds is 7. The number of nitrogens with zero attached hydrogens (tertiary/aromatic N) is 2. The van der Waals surface area contributed by atoms with Gasteiger partial charge in [-0.1, -0.05) is 23.7 Å². The fraction of sp³-hybridized carbons (Fsp3) is 0.375. The fourth-order valence-corrected chi connectivity index (χ4v) is 2.64. The Hall–Kier alpha value is -2.19. The molecule has 1 heterocycles. The number of hydrogen-bond donors (Lipinski definition) is 3. The van der Waals surface area contributed by atoms with Crippen LogP contribution in [0.3, 0.4) is 0 Å². The number of carbonyl (C=O) groups is 2. The van der Waals surface area contributed by atoms with Crippen molar-refractivity contribution in [2.24, 2.45) is 7.05 Å². The van der Waals surface area contributed by atoms with E-state index in [0.717, 1.165) is 11.4 Å². The highest BCUT2D eigenvalue weighted by Crippen LogP contribution is 2.19. The molecule has 0 aliphatic carbocycles. The topological polar surface area (TPSA) is 91.8 Å². The van der Waals surface area contributed by atoms with Gasteiger partial charge in [0.25, 0.3) is 0 Å². The molecule has 0 spiro atoms. The van der Waals surface area contributed by atoms with E-state index in [0.29, 0.717) is 22.8 Å². The number of carbonyl (C=O) groups excluding carboxylic acids is 2. The number of benzene rings is 1. The highest BCUT2D eigenvalue weighted by atomic mass is 35.5. The van der Waals surface area contributed by atoms with Gasteiger partial charge >= 0.3 is 0 Å². The minimum absolute atomic E-state index is 0.139. The quantitative estimate of drug-likeness (QED) is 0.640. The van der Waals surface area contributed by atoms with Crippen molar-refractivity contribution in [2.75, 3.05) is 6.54 Å². The van der Waals surface area contributed by atoms with Crippen LogP contribution >= 0.6 is 23.8 Å². The summed E-state index contributed by atoms with van der Waals surface area (Å²) in [5.41, 5.74) is 0.823. The van der Waals surface area contributed by atoms with E-state index in [2.05, 4.69) is 20.8 Å². The van der Waals surface area contributed by atoms with Crippen molar-refractivity contribution < 1.29 is 9.59 Å². The Balaban J connectivity index is 1.92. The van der Waals surface area contributed by atoms with Crippen LogP contribution in [0.5, 0.6) is 0 Å². The SMILES string of the molecule is CC(=O)NC(CC(=O)NCCc1n[nH]c(=S)n1C)c1ccc(Cl)cc1. The predicted molar refractivity (Wildman–Crippen MR) is 97.7 cm³/mol. The summed E-state index contributed by atoms with van der Waals surface area (Å²) >= 11 is 10.9. The van der Waals surface area contributed by atoms with Gasteiger partial charge in [0.05, 0.1) is 12.5 Å². The maximum atomic E-state index is 12.2. The Morgan fingerprint density at radius 1 is 1.36 bits per heavy atom. The molecule has 7 nitrogen and oxygen atoms in total. The van der Waals surface area contributed by atoms with Crippen molar-refractivity contribution in [2.45, 2.75) is 25.8 Å². The van der Waals surface area contributed by atoms with Crippen LogP contribution in [0.4, 0.5) is 0 Å². The summed E-state index contributed by atoms with van der Waals surface area (Å²) in [6.07, 6.45) is 0.696. The van der Waals surface area contributed by atoms with Crippen LogP contribution in [0.1, 0.15) is 30.8 Å². The number of aromatic amines is 1. The maximum Gasteiger partial charge on any atom is 0.222 e. The number of hydrogen-bond acceptors (Lipinski definition) is 4. The van der Waals surface area contributed by atoms with Gasteiger partial charge in [-0.15, -0.1) is 0 Å². The van der Waals surface area contributed by atoms with E-state index >= 15 is 0 Å². The van der Waals surface area contributed by atoms with Gasteiger partial charge in [0.1, 0.15) is 5.82 Å². The summed E-state index contributed by atoms with van der Waals surface area (Å²) in [7, 11) is 1.82. The van der Waals surface area contributed by atoms with Crippen LogP contribution in [-0.2, 0) is 23.1 Å². The predicted octanol–water partition coefficient (Wildman–Crippen LogP) is 2.06. The lowest BCUT2D eigenvalue weighted by molar-refractivity contribution is -0.122. The van der Waals surface area contributed by atoms with Gasteiger partial charge in [-0.05, 0) is 29.9 Å². The molecule has 3 N–H and O–H groups in total. The van der Waals surface area contributed by atoms with Crippen LogP contribution in [0.15, 0.2) is 24.3 Å². The van der Waals surface area contributed by atoms with E-state index in [-0.39, 0.29) is 18.2 Å². The van der Waals surface area contributed by atoms with Crippen LogP contribution < -0.4 is 10.6 Å². The number of nitrogens with one attached hydrogen (secondary N) is 3. The molecule has 1 atom stereocenters. The van der Waals surface area contributed by atoms with Crippen LogP contribution in [0.2, 0.25) is 5.02 Å². The van der Waals surface area contributed by atoms with Crippen molar-refractivity contribution >= 4 is 35.6 Å². The molecule has 1 aromatic heterocycles. The molecule has 1 unspecified atom stereocenters. The molecule has 9 heteroatoms. The first-order valence-electron chi connectivity index (χ1n) is 7.76. The average molecular weight is 382 g/mol. The van der Waals surface area contributed by atoms with Gasteiger partial charge in [0, 0.05) is 32.0 Å². The second kappa shape index (κ2) is 8.77. The van der Waals surface area contributed by atoms with Crippen molar-refractivity contribution in [3.63, 3.8) is 0 Å². The fourth-order valence-electron chi connectivity index (χ4n) is 2.37. The molecule has 2 aromatic rings. The number of amides is 2. The summed E-state index contributed by atoms with van der Waals surface area (Å²) in [4.78, 5) is 23.6. The molecule has 0 aliphatic rings. The minimum Gasteiger partial charge on any atom is -0.356 e. The molecule has 25 heavy (non-hydrogen) atoms. The zero-order chi connectivity index (χ0) is 18.4. The standard InChI is InChI=1S/C16H20ClN5O2S/c1-10(23)19-13(11-3-5-12(17)6-4-11)9-15(24)18-8-7-14-20-21-16(25)22(14)2/h3-6,13H,7-9H2,1-2H3,(H,18,24)(H,19,23)(H,21,25). The van der Waals surface area contributed by atoms with E-state index in [9.17, 15) is 9.59 Å². The summed E-state index contributed by atoms with van der Waals surface area (Å²) < 4.78 is 2.30. The van der Waals surface area contributed by atoms with Crippen molar-refractivity contribution in [3.8, 4) is 0 Å². The molecule has 0 aliphatic heterocycles. The lowest BCUT2D eigenvalue weighted by Gasteiger charge is -2.18. The highest BCUT2D eigenvalue weighted by molar-refractivity contribution is 7.71. The van der Waals surface area contributed by atoms with E-state index < -0.39 is 6.04 Å². The van der Waals surface area contributed by atoms with Crippen LogP contribution in [0.25, 0.3) is 0 Å².